The fourth-order valence-corrected chi connectivity index (χ4v) is 2.45. The zero-order valence-corrected chi connectivity index (χ0v) is 13.1. The van der Waals surface area contributed by atoms with Crippen LogP contribution in [0.1, 0.15) is 17.4 Å². The van der Waals surface area contributed by atoms with E-state index in [2.05, 4.69) is 15.6 Å². The average molecular weight is 324 g/mol. The number of rotatable bonds is 4. The molecule has 1 atom stereocenters. The molecule has 1 unspecified atom stereocenters. The molecule has 2 aromatic carbocycles. The first-order valence-electron chi connectivity index (χ1n) is 7.49. The summed E-state index contributed by atoms with van der Waals surface area (Å²) < 4.78 is 15.5. The molecule has 0 aliphatic rings. The predicted octanol–water partition coefficient (Wildman–Crippen LogP) is 3.47. The Morgan fingerprint density at radius 2 is 1.83 bits per heavy atom. The van der Waals surface area contributed by atoms with Crippen LogP contribution in [0.2, 0.25) is 0 Å². The summed E-state index contributed by atoms with van der Waals surface area (Å²) in [6.07, 6.45) is 3.48. The number of nitrogens with zero attached hydrogens (tertiary/aromatic N) is 2. The molecule has 2 amide bonds. The summed E-state index contributed by atoms with van der Waals surface area (Å²) in [6.45, 7) is 0. The van der Waals surface area contributed by atoms with Gasteiger partial charge in [-0.1, -0.05) is 42.5 Å². The van der Waals surface area contributed by atoms with E-state index in [0.717, 1.165) is 5.56 Å². The molecule has 1 aromatic heterocycles. The Hall–Kier alpha value is -3.15. The third-order valence-electron chi connectivity index (χ3n) is 3.65. The largest absolute Gasteiger partial charge is 0.336 e. The second-order valence-electron chi connectivity index (χ2n) is 5.32. The highest BCUT2D eigenvalue weighted by Crippen LogP contribution is 2.20. The molecule has 0 saturated carbocycles. The lowest BCUT2D eigenvalue weighted by atomic mass is 10.1. The molecule has 24 heavy (non-hydrogen) atoms. The summed E-state index contributed by atoms with van der Waals surface area (Å²) in [7, 11) is 1.86. The number of amides is 2. The van der Waals surface area contributed by atoms with Crippen LogP contribution in [0.4, 0.5) is 14.9 Å². The minimum absolute atomic E-state index is 0.127. The molecule has 0 spiro atoms. The highest BCUT2D eigenvalue weighted by atomic mass is 19.1. The van der Waals surface area contributed by atoms with Gasteiger partial charge in [0, 0.05) is 19.4 Å². The minimum atomic E-state index is -0.503. The normalized spacial score (nSPS) is 11.8. The summed E-state index contributed by atoms with van der Waals surface area (Å²) in [5.41, 5.74) is 1.01. The Labute approximate surface area is 139 Å². The predicted molar refractivity (Wildman–Crippen MR) is 90.0 cm³/mol. The maximum Gasteiger partial charge on any atom is 0.320 e. The molecule has 1 heterocycles. The van der Waals surface area contributed by atoms with Gasteiger partial charge in [-0.2, -0.15) is 0 Å². The first-order chi connectivity index (χ1) is 11.6. The van der Waals surface area contributed by atoms with E-state index in [-0.39, 0.29) is 5.69 Å². The summed E-state index contributed by atoms with van der Waals surface area (Å²) in [6, 6.07) is 14.6. The van der Waals surface area contributed by atoms with Crippen molar-refractivity contribution < 1.29 is 9.18 Å². The summed E-state index contributed by atoms with van der Waals surface area (Å²) in [5, 5.41) is 5.38. The van der Waals surface area contributed by atoms with Crippen LogP contribution in [-0.4, -0.2) is 15.6 Å². The number of carbonyl (C=O) groups is 1. The van der Waals surface area contributed by atoms with Gasteiger partial charge in [0.2, 0.25) is 0 Å². The van der Waals surface area contributed by atoms with E-state index in [1.165, 1.54) is 12.1 Å². The SMILES string of the molecule is Cn1ccnc1C(NC(=O)Nc1ccccc1F)c1ccccc1. The quantitative estimate of drug-likeness (QED) is 0.772. The Morgan fingerprint density at radius 3 is 2.50 bits per heavy atom. The van der Waals surface area contributed by atoms with Crippen LogP contribution < -0.4 is 10.6 Å². The summed E-state index contributed by atoms with van der Waals surface area (Å²) >= 11 is 0. The number of halogens is 1. The van der Waals surface area contributed by atoms with Crippen molar-refractivity contribution in [3.63, 3.8) is 0 Å². The minimum Gasteiger partial charge on any atom is -0.336 e. The fraction of sp³-hybridized carbons (Fsp3) is 0.111. The van der Waals surface area contributed by atoms with Crippen molar-refractivity contribution in [2.75, 3.05) is 5.32 Å². The molecule has 0 bridgehead atoms. The van der Waals surface area contributed by atoms with E-state index >= 15 is 0 Å². The zero-order valence-electron chi connectivity index (χ0n) is 13.1. The van der Waals surface area contributed by atoms with E-state index < -0.39 is 17.9 Å². The van der Waals surface area contributed by atoms with E-state index in [9.17, 15) is 9.18 Å². The molecular formula is C18H17FN4O. The van der Waals surface area contributed by atoms with Crippen molar-refractivity contribution in [2.45, 2.75) is 6.04 Å². The van der Waals surface area contributed by atoms with Gasteiger partial charge in [0.1, 0.15) is 17.7 Å². The Balaban J connectivity index is 1.84. The number of aryl methyl sites for hydroxylation is 1. The third-order valence-corrected chi connectivity index (χ3v) is 3.65. The second-order valence-corrected chi connectivity index (χ2v) is 5.32. The van der Waals surface area contributed by atoms with Crippen LogP contribution in [0.5, 0.6) is 0 Å². The van der Waals surface area contributed by atoms with Gasteiger partial charge in [0.25, 0.3) is 0 Å². The van der Waals surface area contributed by atoms with Gasteiger partial charge in [0.05, 0.1) is 5.69 Å². The molecule has 3 rings (SSSR count). The number of hydrogen-bond donors (Lipinski definition) is 2. The topological polar surface area (TPSA) is 59.0 Å². The molecule has 0 aliphatic carbocycles. The third kappa shape index (κ3) is 3.43. The van der Waals surface area contributed by atoms with Gasteiger partial charge in [-0.3, -0.25) is 0 Å². The van der Waals surface area contributed by atoms with Crippen molar-refractivity contribution in [3.8, 4) is 0 Å². The van der Waals surface area contributed by atoms with Crippen LogP contribution in [0, 0.1) is 5.82 Å². The van der Waals surface area contributed by atoms with Crippen LogP contribution in [0.15, 0.2) is 67.0 Å². The van der Waals surface area contributed by atoms with Crippen LogP contribution in [0.3, 0.4) is 0 Å². The van der Waals surface area contributed by atoms with Gasteiger partial charge in [-0.05, 0) is 17.7 Å². The number of urea groups is 1. The van der Waals surface area contributed by atoms with Crippen molar-refractivity contribution >= 4 is 11.7 Å². The van der Waals surface area contributed by atoms with Gasteiger partial charge in [0.15, 0.2) is 0 Å². The maximum atomic E-state index is 13.7. The molecule has 0 aliphatic heterocycles. The molecule has 2 N–H and O–H groups in total. The first kappa shape index (κ1) is 15.7. The molecule has 0 radical (unpaired) electrons. The molecule has 0 saturated heterocycles. The maximum absolute atomic E-state index is 13.7. The number of carbonyl (C=O) groups excluding carboxylic acids is 1. The first-order valence-corrected chi connectivity index (χ1v) is 7.49. The van der Waals surface area contributed by atoms with E-state index in [4.69, 9.17) is 0 Å². The van der Waals surface area contributed by atoms with Crippen LogP contribution in [-0.2, 0) is 7.05 Å². The molecule has 0 fully saturated rings. The smallest absolute Gasteiger partial charge is 0.320 e. The highest BCUT2D eigenvalue weighted by Gasteiger charge is 2.20. The van der Waals surface area contributed by atoms with Gasteiger partial charge >= 0.3 is 6.03 Å². The lowest BCUT2D eigenvalue weighted by molar-refractivity contribution is 0.249. The van der Waals surface area contributed by atoms with Gasteiger partial charge in [-0.25, -0.2) is 14.2 Å². The van der Waals surface area contributed by atoms with Crippen LogP contribution >= 0.6 is 0 Å². The molecule has 3 aromatic rings. The van der Waals surface area contributed by atoms with Crippen molar-refractivity contribution in [1.82, 2.24) is 14.9 Å². The number of hydrogen-bond acceptors (Lipinski definition) is 2. The van der Waals surface area contributed by atoms with Gasteiger partial charge in [-0.15, -0.1) is 0 Å². The standard InChI is InChI=1S/C18H17FN4O/c1-23-12-11-20-17(23)16(13-7-3-2-4-8-13)22-18(24)21-15-10-6-5-9-14(15)19/h2-12,16H,1H3,(H2,21,22,24). The lowest BCUT2D eigenvalue weighted by Crippen LogP contribution is -2.34. The number of anilines is 1. The Kier molecular flexibility index (Phi) is 4.56. The van der Waals surface area contributed by atoms with Crippen LogP contribution in [0.25, 0.3) is 0 Å². The fourth-order valence-electron chi connectivity index (χ4n) is 2.45. The van der Waals surface area contributed by atoms with Crippen molar-refractivity contribution in [2.24, 2.45) is 7.05 Å². The number of imidazole rings is 1. The number of aromatic nitrogens is 2. The molecule has 6 heteroatoms. The molecule has 122 valence electrons. The molecular weight excluding hydrogens is 307 g/mol. The Morgan fingerprint density at radius 1 is 1.12 bits per heavy atom. The van der Waals surface area contributed by atoms with E-state index in [1.807, 2.05) is 48.1 Å². The summed E-state index contributed by atoms with van der Waals surface area (Å²) in [4.78, 5) is 16.6. The average Bonchev–Trinajstić information content (AvgIpc) is 3.01. The zero-order chi connectivity index (χ0) is 16.9. The Bertz CT molecular complexity index is 832. The monoisotopic (exact) mass is 324 g/mol. The second kappa shape index (κ2) is 6.95. The number of para-hydroxylation sites is 1. The summed E-state index contributed by atoms with van der Waals surface area (Å²) in [5.74, 6) is 0.200. The number of benzene rings is 2. The molecule has 5 nitrogen and oxygen atoms in total. The van der Waals surface area contributed by atoms with E-state index in [0.29, 0.717) is 5.82 Å². The van der Waals surface area contributed by atoms with E-state index in [1.54, 1.807) is 18.3 Å². The van der Waals surface area contributed by atoms with Gasteiger partial charge < -0.3 is 15.2 Å². The number of nitrogens with one attached hydrogen (secondary N) is 2. The van der Waals surface area contributed by atoms with Crippen molar-refractivity contribution in [3.05, 3.63) is 84.2 Å². The highest BCUT2D eigenvalue weighted by molar-refractivity contribution is 5.89. The van der Waals surface area contributed by atoms with Crippen molar-refractivity contribution in [1.29, 1.82) is 0 Å². The lowest BCUT2D eigenvalue weighted by Gasteiger charge is -2.19.